The van der Waals surface area contributed by atoms with Crippen molar-refractivity contribution >= 4 is 28.7 Å². The summed E-state index contributed by atoms with van der Waals surface area (Å²) in [5.41, 5.74) is 2.22. The second-order valence-electron chi connectivity index (χ2n) is 5.21. The predicted octanol–water partition coefficient (Wildman–Crippen LogP) is 1.17. The highest BCUT2D eigenvalue weighted by molar-refractivity contribution is 6.06. The molecule has 1 aliphatic heterocycles. The van der Waals surface area contributed by atoms with Gasteiger partial charge in [0.1, 0.15) is 11.7 Å². The zero-order chi connectivity index (χ0) is 16.6. The molecule has 0 saturated carbocycles. The molecule has 1 amide bonds. The second kappa shape index (κ2) is 5.75. The summed E-state index contributed by atoms with van der Waals surface area (Å²) in [6.45, 7) is 1.96. The molecule has 1 unspecified atom stereocenters. The lowest BCUT2D eigenvalue weighted by atomic mass is 9.97. The number of aromatic amines is 1. The summed E-state index contributed by atoms with van der Waals surface area (Å²) >= 11 is 0. The van der Waals surface area contributed by atoms with Gasteiger partial charge in [-0.2, -0.15) is 0 Å². The quantitative estimate of drug-likeness (QED) is 0.829. The van der Waals surface area contributed by atoms with Gasteiger partial charge in [-0.3, -0.25) is 4.79 Å². The topological polar surface area (TPSA) is 97.5 Å². The van der Waals surface area contributed by atoms with E-state index in [9.17, 15) is 14.4 Å². The lowest BCUT2D eigenvalue weighted by Gasteiger charge is -2.22. The molecular weight excluding hydrogens is 300 g/mol. The van der Waals surface area contributed by atoms with Gasteiger partial charge in [0.25, 0.3) is 5.91 Å². The largest absolute Gasteiger partial charge is 0.465 e. The highest BCUT2D eigenvalue weighted by atomic mass is 16.5. The van der Waals surface area contributed by atoms with Crippen LogP contribution in [0.15, 0.2) is 18.2 Å². The van der Waals surface area contributed by atoms with Gasteiger partial charge in [0.15, 0.2) is 0 Å². The van der Waals surface area contributed by atoms with Crippen LogP contribution < -0.4 is 5.32 Å². The molecule has 0 bridgehead atoms. The monoisotopic (exact) mass is 316 g/mol. The van der Waals surface area contributed by atoms with Crippen molar-refractivity contribution in [2.45, 2.75) is 19.4 Å². The molecule has 2 N–H and O–H groups in total. The van der Waals surface area contributed by atoms with Crippen molar-refractivity contribution in [2.24, 2.45) is 0 Å². The lowest BCUT2D eigenvalue weighted by Crippen LogP contribution is -2.47. The molecule has 1 aromatic heterocycles. The number of rotatable bonds is 3. The molecule has 0 spiro atoms. The van der Waals surface area contributed by atoms with Crippen molar-refractivity contribution in [1.29, 1.82) is 0 Å². The fourth-order valence-electron chi connectivity index (χ4n) is 2.77. The minimum atomic E-state index is -0.726. The average molecular weight is 316 g/mol. The molecule has 1 aliphatic rings. The third-order valence-corrected chi connectivity index (χ3v) is 3.84. The Morgan fingerprint density at radius 2 is 2.13 bits per heavy atom. The summed E-state index contributed by atoms with van der Waals surface area (Å²) in [7, 11) is 1.31. The molecule has 0 fully saturated rings. The van der Waals surface area contributed by atoms with E-state index >= 15 is 0 Å². The number of H-pyrrole nitrogens is 1. The van der Waals surface area contributed by atoms with Crippen molar-refractivity contribution in [3.63, 3.8) is 0 Å². The van der Waals surface area contributed by atoms with Gasteiger partial charge in [0, 0.05) is 17.3 Å². The van der Waals surface area contributed by atoms with Gasteiger partial charge in [-0.05, 0) is 30.7 Å². The molecule has 3 rings (SSSR count). The number of esters is 2. The van der Waals surface area contributed by atoms with E-state index in [4.69, 9.17) is 9.47 Å². The summed E-state index contributed by atoms with van der Waals surface area (Å²) in [6, 6.07) is 4.27. The van der Waals surface area contributed by atoms with E-state index in [-0.39, 0.29) is 12.5 Å². The Morgan fingerprint density at radius 3 is 2.83 bits per heavy atom. The maximum atomic E-state index is 12.2. The fraction of sp³-hybridized carbons (Fsp3) is 0.312. The number of carbonyl (C=O) groups is 3. The number of hydrogen-bond acceptors (Lipinski definition) is 5. The first-order valence-electron chi connectivity index (χ1n) is 7.25. The third-order valence-electron chi connectivity index (χ3n) is 3.84. The summed E-state index contributed by atoms with van der Waals surface area (Å²) in [5, 5.41) is 3.36. The number of carbonyl (C=O) groups excluding carboxylic acids is 3. The van der Waals surface area contributed by atoms with Gasteiger partial charge < -0.3 is 19.8 Å². The van der Waals surface area contributed by atoms with Crippen molar-refractivity contribution in [3.05, 3.63) is 35.0 Å². The number of amides is 1. The van der Waals surface area contributed by atoms with Crippen LogP contribution in [-0.2, 0) is 20.7 Å². The number of methoxy groups -OCH3 is 1. The van der Waals surface area contributed by atoms with Gasteiger partial charge in [0.2, 0.25) is 0 Å². The molecule has 23 heavy (non-hydrogen) atoms. The third kappa shape index (κ3) is 2.54. The number of nitrogens with one attached hydrogen (secondary N) is 2. The van der Waals surface area contributed by atoms with Crippen LogP contribution >= 0.6 is 0 Å². The van der Waals surface area contributed by atoms with Crippen molar-refractivity contribution in [3.8, 4) is 0 Å². The normalized spacial score (nSPS) is 16.6. The standard InChI is InChI=1S/C16H16N2O5/c1-3-23-16(21)12-7-10-9-6-8(15(20)22-2)4-5-11(9)17-13(10)14(19)18-12/h4-6,12,17H,3,7H2,1-2H3,(H,18,19). The zero-order valence-electron chi connectivity index (χ0n) is 12.8. The zero-order valence-corrected chi connectivity index (χ0v) is 12.8. The average Bonchev–Trinajstić information content (AvgIpc) is 2.93. The van der Waals surface area contributed by atoms with E-state index in [0.717, 1.165) is 10.9 Å². The number of aromatic nitrogens is 1. The van der Waals surface area contributed by atoms with Gasteiger partial charge in [-0.15, -0.1) is 0 Å². The SMILES string of the molecule is CCOC(=O)C1Cc2c([nH]c3ccc(C(=O)OC)cc23)C(=O)N1. The maximum absolute atomic E-state index is 12.2. The van der Waals surface area contributed by atoms with Crippen LogP contribution in [0.2, 0.25) is 0 Å². The minimum Gasteiger partial charge on any atom is -0.465 e. The molecule has 2 heterocycles. The number of benzene rings is 1. The van der Waals surface area contributed by atoms with Crippen molar-refractivity contribution < 1.29 is 23.9 Å². The molecule has 1 aromatic carbocycles. The summed E-state index contributed by atoms with van der Waals surface area (Å²) in [6.07, 6.45) is 0.310. The van der Waals surface area contributed by atoms with E-state index in [1.165, 1.54) is 7.11 Å². The predicted molar refractivity (Wildman–Crippen MR) is 81.2 cm³/mol. The first-order chi connectivity index (χ1) is 11.0. The van der Waals surface area contributed by atoms with Crippen LogP contribution in [0.3, 0.4) is 0 Å². The fourth-order valence-corrected chi connectivity index (χ4v) is 2.77. The maximum Gasteiger partial charge on any atom is 0.337 e. The van der Waals surface area contributed by atoms with Crippen LogP contribution in [0.4, 0.5) is 0 Å². The second-order valence-corrected chi connectivity index (χ2v) is 5.21. The molecule has 7 nitrogen and oxygen atoms in total. The van der Waals surface area contributed by atoms with Crippen molar-refractivity contribution in [1.82, 2.24) is 10.3 Å². The number of fused-ring (bicyclic) bond motifs is 3. The van der Waals surface area contributed by atoms with E-state index in [2.05, 4.69) is 10.3 Å². The Bertz CT molecular complexity index is 808. The smallest absolute Gasteiger partial charge is 0.337 e. The Labute approximate surface area is 131 Å². The summed E-state index contributed by atoms with van der Waals surface area (Å²) < 4.78 is 9.69. The first-order valence-corrected chi connectivity index (χ1v) is 7.25. The molecule has 0 radical (unpaired) electrons. The van der Waals surface area contributed by atoms with Gasteiger partial charge >= 0.3 is 11.9 Å². The Balaban J connectivity index is 2.05. The van der Waals surface area contributed by atoms with Gasteiger partial charge in [0.05, 0.1) is 19.3 Å². The minimum absolute atomic E-state index is 0.248. The van der Waals surface area contributed by atoms with Gasteiger partial charge in [-0.25, -0.2) is 9.59 Å². The first kappa shape index (κ1) is 15.1. The lowest BCUT2D eigenvalue weighted by molar-refractivity contribution is -0.145. The summed E-state index contributed by atoms with van der Waals surface area (Å²) in [5.74, 6) is -1.28. The van der Waals surface area contributed by atoms with E-state index in [0.29, 0.717) is 23.2 Å². The number of ether oxygens (including phenoxy) is 2. The molecule has 7 heteroatoms. The molecular formula is C16H16N2O5. The van der Waals surface area contributed by atoms with E-state index < -0.39 is 18.0 Å². The van der Waals surface area contributed by atoms with Crippen molar-refractivity contribution in [2.75, 3.05) is 13.7 Å². The van der Waals surface area contributed by atoms with Crippen LogP contribution in [0.5, 0.6) is 0 Å². The van der Waals surface area contributed by atoms with E-state index in [1.807, 2.05) is 0 Å². The Hall–Kier alpha value is -2.83. The van der Waals surface area contributed by atoms with Crippen LogP contribution in [0.25, 0.3) is 10.9 Å². The summed E-state index contributed by atoms with van der Waals surface area (Å²) in [4.78, 5) is 38.8. The van der Waals surface area contributed by atoms with E-state index in [1.54, 1.807) is 25.1 Å². The molecule has 0 aliphatic carbocycles. The van der Waals surface area contributed by atoms with Crippen LogP contribution in [-0.4, -0.2) is 42.6 Å². The van der Waals surface area contributed by atoms with Crippen LogP contribution in [0.1, 0.15) is 33.3 Å². The van der Waals surface area contributed by atoms with Crippen LogP contribution in [0, 0.1) is 0 Å². The Morgan fingerprint density at radius 1 is 1.35 bits per heavy atom. The molecule has 120 valence electrons. The molecule has 2 aromatic rings. The van der Waals surface area contributed by atoms with Gasteiger partial charge in [-0.1, -0.05) is 0 Å². The number of hydrogen-bond donors (Lipinski definition) is 2. The molecule has 1 atom stereocenters. The highest BCUT2D eigenvalue weighted by Crippen LogP contribution is 2.28. The highest BCUT2D eigenvalue weighted by Gasteiger charge is 2.32. The Kier molecular flexibility index (Phi) is 3.77. The molecule has 0 saturated heterocycles.